The largest absolute Gasteiger partial charge is 0.356 e. The van der Waals surface area contributed by atoms with Crippen LogP contribution in [0.3, 0.4) is 0 Å². The zero-order chi connectivity index (χ0) is 19.0. The second-order valence-corrected chi connectivity index (χ2v) is 8.03. The number of nitrogens with zero attached hydrogens (tertiary/aromatic N) is 4. The second-order valence-electron chi connectivity index (χ2n) is 8.03. The van der Waals surface area contributed by atoms with E-state index in [1.54, 1.807) is 0 Å². The van der Waals surface area contributed by atoms with Crippen LogP contribution in [0.2, 0.25) is 0 Å². The van der Waals surface area contributed by atoms with Crippen molar-refractivity contribution in [3.63, 3.8) is 0 Å². The van der Waals surface area contributed by atoms with Gasteiger partial charge in [0.05, 0.1) is 0 Å². The van der Waals surface area contributed by atoms with Gasteiger partial charge in [-0.25, -0.2) is 4.98 Å². The van der Waals surface area contributed by atoms with Gasteiger partial charge in [0.25, 0.3) is 0 Å². The first-order chi connectivity index (χ1) is 13.0. The highest BCUT2D eigenvalue weighted by Gasteiger charge is 2.32. The Hall–Kier alpha value is -1.60. The molecule has 8 heteroatoms. The molecule has 2 heterocycles. The number of rotatable bonds is 4. The van der Waals surface area contributed by atoms with E-state index in [1.165, 1.54) is 11.1 Å². The smallest absolute Gasteiger partial charge is 0.226 e. The Morgan fingerprint density at radius 3 is 2.45 bits per heavy atom. The van der Waals surface area contributed by atoms with Crippen molar-refractivity contribution in [1.82, 2.24) is 15.3 Å². The third-order valence-electron chi connectivity index (χ3n) is 5.79. The quantitative estimate of drug-likeness (QED) is 0.764. The summed E-state index contributed by atoms with van der Waals surface area (Å²) in [6.07, 6.45) is 3.26. The lowest BCUT2D eigenvalue weighted by Gasteiger charge is -2.35. The topological polar surface area (TPSA) is 70.3 Å². The number of hydrogen-bond donors (Lipinski definition) is 2. The lowest BCUT2D eigenvalue weighted by molar-refractivity contribution is 0.346. The summed E-state index contributed by atoms with van der Waals surface area (Å²) in [5.41, 5.74) is 10.2. The molecule has 0 saturated carbocycles. The van der Waals surface area contributed by atoms with Crippen LogP contribution in [0.5, 0.6) is 0 Å². The number of halogens is 2. The van der Waals surface area contributed by atoms with E-state index in [0.717, 1.165) is 49.8 Å². The summed E-state index contributed by atoms with van der Waals surface area (Å²) in [6.45, 7) is 4.05. The molecule has 2 aliphatic rings. The van der Waals surface area contributed by atoms with E-state index in [2.05, 4.69) is 45.5 Å². The summed E-state index contributed by atoms with van der Waals surface area (Å²) >= 11 is 0. The highest BCUT2D eigenvalue weighted by molar-refractivity contribution is 5.85. The molecule has 0 bridgehead atoms. The van der Waals surface area contributed by atoms with Gasteiger partial charge in [0, 0.05) is 57.1 Å². The molecular weight excluding hydrogens is 407 g/mol. The van der Waals surface area contributed by atoms with Crippen molar-refractivity contribution in [2.45, 2.75) is 44.3 Å². The number of nitrogens with two attached hydrogens (primary N) is 1. The maximum atomic E-state index is 6.49. The molecule has 3 N–H and O–H groups in total. The van der Waals surface area contributed by atoms with E-state index in [4.69, 9.17) is 10.7 Å². The Morgan fingerprint density at radius 2 is 1.79 bits per heavy atom. The molecule has 1 aromatic carbocycles. The van der Waals surface area contributed by atoms with Crippen LogP contribution in [-0.4, -0.2) is 49.2 Å². The number of nitrogens with one attached hydrogen (secondary N) is 1. The number of hydrogen-bond acceptors (Lipinski definition) is 6. The Morgan fingerprint density at radius 1 is 1.10 bits per heavy atom. The molecule has 4 rings (SSSR count). The van der Waals surface area contributed by atoms with E-state index in [0.29, 0.717) is 12.1 Å². The van der Waals surface area contributed by atoms with Crippen LogP contribution in [-0.2, 0) is 6.42 Å². The molecule has 1 aliphatic heterocycles. The van der Waals surface area contributed by atoms with Crippen molar-refractivity contribution >= 4 is 36.6 Å². The molecule has 6 nitrogen and oxygen atoms in total. The molecule has 1 fully saturated rings. The minimum absolute atomic E-state index is 0. The molecule has 1 saturated heterocycles. The minimum Gasteiger partial charge on any atom is -0.356 e. The molecule has 0 amide bonds. The van der Waals surface area contributed by atoms with Gasteiger partial charge in [0.2, 0.25) is 5.95 Å². The number of piperidine rings is 1. The molecule has 0 unspecified atom stereocenters. The van der Waals surface area contributed by atoms with Crippen LogP contribution in [0, 0.1) is 6.92 Å². The maximum absolute atomic E-state index is 6.49. The van der Waals surface area contributed by atoms with Gasteiger partial charge in [-0.05, 0) is 37.3 Å². The molecule has 160 valence electrons. The average Bonchev–Trinajstić information content (AvgIpc) is 2.98. The van der Waals surface area contributed by atoms with E-state index in [-0.39, 0.29) is 30.9 Å². The van der Waals surface area contributed by atoms with Gasteiger partial charge >= 0.3 is 0 Å². The van der Waals surface area contributed by atoms with E-state index in [9.17, 15) is 0 Å². The van der Waals surface area contributed by atoms with E-state index in [1.807, 2.05) is 25.9 Å². The summed E-state index contributed by atoms with van der Waals surface area (Å²) in [7, 11) is 3.97. The molecule has 0 radical (unpaired) electrons. The Labute approximate surface area is 186 Å². The molecule has 2 aromatic rings. The van der Waals surface area contributed by atoms with E-state index < -0.39 is 0 Å². The predicted octanol–water partition coefficient (Wildman–Crippen LogP) is 2.88. The van der Waals surface area contributed by atoms with Crippen molar-refractivity contribution in [2.24, 2.45) is 5.73 Å². The minimum atomic E-state index is 0. The third-order valence-corrected chi connectivity index (χ3v) is 5.79. The van der Waals surface area contributed by atoms with Gasteiger partial charge in [0.1, 0.15) is 5.82 Å². The number of aryl methyl sites for hydroxylation is 1. The SMILES string of the molecule is Cc1cc(N2CCC(N[C@H]3Cc4ccccc4[C@@H]3N)CC2)nc(N(C)C)n1.Cl.Cl. The van der Waals surface area contributed by atoms with Crippen molar-refractivity contribution in [2.75, 3.05) is 37.0 Å². The molecule has 2 atom stereocenters. The normalized spacial score (nSPS) is 21.2. The van der Waals surface area contributed by atoms with Crippen molar-refractivity contribution in [1.29, 1.82) is 0 Å². The summed E-state index contributed by atoms with van der Waals surface area (Å²) in [5.74, 6) is 1.81. The maximum Gasteiger partial charge on any atom is 0.226 e. The van der Waals surface area contributed by atoms with Gasteiger partial charge in [-0.3, -0.25) is 0 Å². The Bertz CT molecular complexity index is 808. The van der Waals surface area contributed by atoms with Gasteiger partial charge in [0.15, 0.2) is 0 Å². The zero-order valence-electron chi connectivity index (χ0n) is 17.3. The fourth-order valence-corrected chi connectivity index (χ4v) is 4.27. The van der Waals surface area contributed by atoms with Gasteiger partial charge in [-0.2, -0.15) is 4.98 Å². The highest BCUT2D eigenvalue weighted by Crippen LogP contribution is 2.30. The molecule has 29 heavy (non-hydrogen) atoms. The lowest BCUT2D eigenvalue weighted by Crippen LogP contribution is -2.48. The number of aromatic nitrogens is 2. The third kappa shape index (κ3) is 5.12. The fraction of sp³-hybridized carbons (Fsp3) is 0.524. The van der Waals surface area contributed by atoms with E-state index >= 15 is 0 Å². The molecular formula is C21H32Cl2N6. The first-order valence-corrected chi connectivity index (χ1v) is 9.88. The first-order valence-electron chi connectivity index (χ1n) is 9.88. The van der Waals surface area contributed by atoms with Crippen LogP contribution in [0.1, 0.15) is 35.7 Å². The van der Waals surface area contributed by atoms with Gasteiger partial charge < -0.3 is 20.9 Å². The van der Waals surface area contributed by atoms with Crippen molar-refractivity contribution in [3.8, 4) is 0 Å². The number of fused-ring (bicyclic) bond motifs is 1. The van der Waals surface area contributed by atoms with Gasteiger partial charge in [-0.1, -0.05) is 24.3 Å². The standard InChI is InChI=1S/C21H30N6.2ClH/c1-14-12-19(25-21(23-14)26(2)3)27-10-8-16(9-11-27)24-18-13-15-6-4-5-7-17(15)20(18)22;;/h4-7,12,16,18,20,24H,8-11,13,22H2,1-3H3;2*1H/t18-,20-;;/m0../s1. The predicted molar refractivity (Wildman–Crippen MR) is 125 cm³/mol. The fourth-order valence-electron chi connectivity index (χ4n) is 4.27. The van der Waals surface area contributed by atoms with Gasteiger partial charge in [-0.15, -0.1) is 24.8 Å². The number of benzene rings is 1. The highest BCUT2D eigenvalue weighted by atomic mass is 35.5. The van der Waals surface area contributed by atoms with Crippen LogP contribution < -0.4 is 20.9 Å². The number of anilines is 2. The summed E-state index contributed by atoms with van der Waals surface area (Å²) in [5, 5.41) is 3.83. The second kappa shape index (κ2) is 9.94. The summed E-state index contributed by atoms with van der Waals surface area (Å²) in [6, 6.07) is 11.6. The van der Waals surface area contributed by atoms with Crippen LogP contribution in [0.25, 0.3) is 0 Å². The molecule has 0 spiro atoms. The Kier molecular flexibility index (Phi) is 8.11. The summed E-state index contributed by atoms with van der Waals surface area (Å²) < 4.78 is 0. The van der Waals surface area contributed by atoms with Crippen molar-refractivity contribution in [3.05, 3.63) is 47.2 Å². The monoisotopic (exact) mass is 438 g/mol. The van der Waals surface area contributed by atoms with Crippen LogP contribution >= 0.6 is 24.8 Å². The Balaban J connectivity index is 0.00000150. The molecule has 1 aromatic heterocycles. The molecule has 1 aliphatic carbocycles. The lowest BCUT2D eigenvalue weighted by atomic mass is 10.0. The van der Waals surface area contributed by atoms with Crippen molar-refractivity contribution < 1.29 is 0 Å². The summed E-state index contributed by atoms with van der Waals surface area (Å²) in [4.78, 5) is 13.6. The average molecular weight is 439 g/mol. The zero-order valence-corrected chi connectivity index (χ0v) is 19.0. The van der Waals surface area contributed by atoms with Crippen LogP contribution in [0.15, 0.2) is 30.3 Å². The van der Waals surface area contributed by atoms with Crippen LogP contribution in [0.4, 0.5) is 11.8 Å². The first kappa shape index (κ1) is 23.7.